The lowest BCUT2D eigenvalue weighted by Crippen LogP contribution is -2.12. The Balaban J connectivity index is 1.63. The fraction of sp³-hybridized carbons (Fsp3) is 0.0833. The number of carbonyl (C=O) groups is 1. The largest absolute Gasteiger partial charge is 0.496 e. The Morgan fingerprint density at radius 2 is 1.85 bits per heavy atom. The highest BCUT2D eigenvalue weighted by molar-refractivity contribution is 6.32. The molecule has 34 heavy (non-hydrogen) atoms. The van der Waals surface area contributed by atoms with Crippen molar-refractivity contribution in [1.29, 1.82) is 0 Å². The quantitative estimate of drug-likeness (QED) is 0.321. The SMILES string of the molecule is COc1cc(Nc2ccc(Oc3ccc4ncccc4c3)c(Cl)c2)c(C(F)(F)F)cc1C([NH])=O. The third-order valence-electron chi connectivity index (χ3n) is 4.90. The minimum atomic E-state index is -4.78. The van der Waals surface area contributed by atoms with E-state index in [-0.39, 0.29) is 22.1 Å². The molecule has 0 bridgehead atoms. The first-order valence-corrected chi connectivity index (χ1v) is 10.2. The molecule has 2 N–H and O–H groups in total. The van der Waals surface area contributed by atoms with Crippen LogP contribution in [-0.4, -0.2) is 18.0 Å². The van der Waals surface area contributed by atoms with Crippen molar-refractivity contribution in [2.24, 2.45) is 0 Å². The average Bonchev–Trinajstić information content (AvgIpc) is 2.79. The number of pyridine rings is 1. The molecule has 0 spiro atoms. The first kappa shape index (κ1) is 23.2. The zero-order valence-electron chi connectivity index (χ0n) is 17.5. The number of rotatable bonds is 6. The maximum atomic E-state index is 13.6. The molecule has 1 heterocycles. The highest BCUT2D eigenvalue weighted by Gasteiger charge is 2.35. The van der Waals surface area contributed by atoms with E-state index in [1.54, 1.807) is 30.5 Å². The van der Waals surface area contributed by atoms with Crippen LogP contribution in [0.1, 0.15) is 15.9 Å². The standard InChI is InChI=1S/C24H16ClF3N3O3/c1-33-22-12-20(17(24(26,27)28)11-16(22)23(29)32)31-14-4-7-21(18(25)10-14)34-15-5-6-19-13(9-15)3-2-8-30-19/h2-12,29,31H,1H3. The van der Waals surface area contributed by atoms with Gasteiger partial charge in [-0.3, -0.25) is 15.5 Å². The summed E-state index contributed by atoms with van der Waals surface area (Å²) in [5, 5.41) is 3.69. The van der Waals surface area contributed by atoms with Gasteiger partial charge in [-0.1, -0.05) is 17.7 Å². The number of halogens is 4. The number of benzene rings is 3. The summed E-state index contributed by atoms with van der Waals surface area (Å²) in [6.07, 6.45) is -3.10. The second-order valence-corrected chi connectivity index (χ2v) is 7.56. The maximum Gasteiger partial charge on any atom is 0.418 e. The van der Waals surface area contributed by atoms with E-state index in [1.165, 1.54) is 25.3 Å². The molecule has 0 saturated carbocycles. The molecule has 1 amide bonds. The predicted molar refractivity (Wildman–Crippen MR) is 122 cm³/mol. The molecule has 0 aliphatic rings. The van der Waals surface area contributed by atoms with E-state index in [0.29, 0.717) is 17.6 Å². The molecule has 0 saturated heterocycles. The van der Waals surface area contributed by atoms with Gasteiger partial charge in [0.25, 0.3) is 5.91 Å². The lowest BCUT2D eigenvalue weighted by Gasteiger charge is -2.18. The highest BCUT2D eigenvalue weighted by atomic mass is 35.5. The van der Waals surface area contributed by atoms with Gasteiger partial charge in [0.2, 0.25) is 0 Å². The lowest BCUT2D eigenvalue weighted by atomic mass is 10.1. The monoisotopic (exact) mass is 486 g/mol. The van der Waals surface area contributed by atoms with Crippen LogP contribution in [0.3, 0.4) is 0 Å². The van der Waals surface area contributed by atoms with E-state index in [1.807, 2.05) is 6.07 Å². The minimum absolute atomic E-state index is 0.160. The fourth-order valence-corrected chi connectivity index (χ4v) is 3.54. The number of alkyl halides is 3. The molecule has 173 valence electrons. The molecular formula is C24H16ClF3N3O3. The Labute approximate surface area is 197 Å². The first-order valence-electron chi connectivity index (χ1n) is 9.80. The van der Waals surface area contributed by atoms with Gasteiger partial charge in [-0.15, -0.1) is 0 Å². The molecular weight excluding hydrogens is 471 g/mol. The summed E-state index contributed by atoms with van der Waals surface area (Å²) < 4.78 is 51.7. The Bertz CT molecular complexity index is 1390. The second-order valence-electron chi connectivity index (χ2n) is 7.16. The van der Waals surface area contributed by atoms with Crippen molar-refractivity contribution < 1.29 is 27.4 Å². The summed E-state index contributed by atoms with van der Waals surface area (Å²) in [5.41, 5.74) is 6.28. The molecule has 4 rings (SSSR count). The molecule has 0 aliphatic carbocycles. The third kappa shape index (κ3) is 4.84. The maximum absolute atomic E-state index is 13.6. The Hall–Kier alpha value is -3.98. The summed E-state index contributed by atoms with van der Waals surface area (Å²) in [7, 11) is 1.20. The number of hydrogen-bond acceptors (Lipinski definition) is 5. The minimum Gasteiger partial charge on any atom is -0.496 e. The predicted octanol–water partition coefficient (Wildman–Crippen LogP) is 6.87. The Morgan fingerprint density at radius 3 is 2.53 bits per heavy atom. The number of amides is 1. The first-order chi connectivity index (χ1) is 16.2. The van der Waals surface area contributed by atoms with Crippen molar-refractivity contribution in [2.45, 2.75) is 6.18 Å². The summed E-state index contributed by atoms with van der Waals surface area (Å²) in [6, 6.07) is 15.0. The van der Waals surface area contributed by atoms with Gasteiger partial charge >= 0.3 is 6.18 Å². The summed E-state index contributed by atoms with van der Waals surface area (Å²) in [6.45, 7) is 0. The summed E-state index contributed by atoms with van der Waals surface area (Å²) in [5.74, 6) is -0.627. The summed E-state index contributed by atoms with van der Waals surface area (Å²) >= 11 is 6.33. The van der Waals surface area contributed by atoms with Crippen LogP contribution in [0.4, 0.5) is 24.5 Å². The number of fused-ring (bicyclic) bond motifs is 1. The average molecular weight is 487 g/mol. The van der Waals surface area contributed by atoms with Crippen LogP contribution >= 0.6 is 11.6 Å². The van der Waals surface area contributed by atoms with Gasteiger partial charge in [-0.05, 0) is 48.5 Å². The van der Waals surface area contributed by atoms with Gasteiger partial charge in [0.15, 0.2) is 0 Å². The number of methoxy groups -OCH3 is 1. The lowest BCUT2D eigenvalue weighted by molar-refractivity contribution is -0.136. The van der Waals surface area contributed by atoms with Gasteiger partial charge in [-0.2, -0.15) is 13.2 Å². The van der Waals surface area contributed by atoms with Crippen LogP contribution in [0, 0.1) is 0 Å². The molecule has 0 aliphatic heterocycles. The number of carbonyl (C=O) groups excluding carboxylic acids is 1. The van der Waals surface area contributed by atoms with Crippen LogP contribution in [-0.2, 0) is 6.18 Å². The fourth-order valence-electron chi connectivity index (χ4n) is 3.33. The normalized spacial score (nSPS) is 11.3. The van der Waals surface area contributed by atoms with Crippen molar-refractivity contribution in [3.8, 4) is 17.2 Å². The molecule has 6 nitrogen and oxygen atoms in total. The van der Waals surface area contributed by atoms with Crippen LogP contribution in [0.25, 0.3) is 10.9 Å². The van der Waals surface area contributed by atoms with Crippen molar-refractivity contribution in [2.75, 3.05) is 12.4 Å². The van der Waals surface area contributed by atoms with Gasteiger partial charge in [0.05, 0.1) is 34.5 Å². The summed E-state index contributed by atoms with van der Waals surface area (Å²) in [4.78, 5) is 15.7. The molecule has 4 aromatic rings. The van der Waals surface area contributed by atoms with Crippen LogP contribution < -0.4 is 20.5 Å². The number of aromatic nitrogens is 1. The molecule has 0 fully saturated rings. The molecule has 1 radical (unpaired) electrons. The highest BCUT2D eigenvalue weighted by Crippen LogP contribution is 2.41. The van der Waals surface area contributed by atoms with Gasteiger partial charge in [-0.25, -0.2) is 0 Å². The topological polar surface area (TPSA) is 84.2 Å². The number of ether oxygens (including phenoxy) is 2. The molecule has 1 aromatic heterocycles. The van der Waals surface area contributed by atoms with E-state index >= 15 is 0 Å². The van der Waals surface area contributed by atoms with E-state index in [4.69, 9.17) is 26.8 Å². The van der Waals surface area contributed by atoms with E-state index in [0.717, 1.165) is 17.0 Å². The Kier molecular flexibility index (Phi) is 6.21. The second kappa shape index (κ2) is 9.11. The van der Waals surface area contributed by atoms with Crippen molar-refractivity contribution in [3.63, 3.8) is 0 Å². The third-order valence-corrected chi connectivity index (χ3v) is 5.20. The molecule has 10 heteroatoms. The zero-order chi connectivity index (χ0) is 24.5. The van der Waals surface area contributed by atoms with E-state index < -0.39 is 23.2 Å². The van der Waals surface area contributed by atoms with Crippen LogP contribution in [0.2, 0.25) is 5.02 Å². The van der Waals surface area contributed by atoms with Crippen molar-refractivity contribution in [3.05, 3.63) is 83.0 Å². The Morgan fingerprint density at radius 1 is 1.06 bits per heavy atom. The van der Waals surface area contributed by atoms with E-state index in [2.05, 4.69) is 10.3 Å². The van der Waals surface area contributed by atoms with Crippen LogP contribution in [0.15, 0.2) is 66.9 Å². The molecule has 3 aromatic carbocycles. The smallest absolute Gasteiger partial charge is 0.418 e. The van der Waals surface area contributed by atoms with Crippen molar-refractivity contribution in [1.82, 2.24) is 10.7 Å². The number of hydrogen-bond donors (Lipinski definition) is 1. The van der Waals surface area contributed by atoms with Gasteiger partial charge in [0, 0.05) is 23.3 Å². The zero-order valence-corrected chi connectivity index (χ0v) is 18.3. The number of nitrogens with zero attached hydrogens (tertiary/aromatic N) is 1. The van der Waals surface area contributed by atoms with Gasteiger partial charge in [0.1, 0.15) is 17.2 Å². The van der Waals surface area contributed by atoms with Crippen LogP contribution in [0.5, 0.6) is 17.2 Å². The molecule has 0 unspecified atom stereocenters. The van der Waals surface area contributed by atoms with E-state index in [9.17, 15) is 18.0 Å². The number of nitrogens with one attached hydrogen (secondary N) is 2. The van der Waals surface area contributed by atoms with Crippen molar-refractivity contribution >= 4 is 39.8 Å². The van der Waals surface area contributed by atoms with Gasteiger partial charge < -0.3 is 14.8 Å². The molecule has 0 atom stereocenters. The number of anilines is 2.